The zero-order valence-electron chi connectivity index (χ0n) is 15.3. The van der Waals surface area contributed by atoms with Crippen LogP contribution in [0.2, 0.25) is 0 Å². The second-order valence-corrected chi connectivity index (χ2v) is 8.46. The average Bonchev–Trinajstić information content (AvgIpc) is 3.37. The SMILES string of the molecule is COc1ccc(C(=O)CN2CCc3nc(NC(=O)c4cccs4)sc3C2)cc1. The number of hydrogen-bond acceptors (Lipinski definition) is 7. The van der Waals surface area contributed by atoms with Crippen molar-refractivity contribution in [3.63, 3.8) is 0 Å². The quantitative estimate of drug-likeness (QED) is 0.624. The van der Waals surface area contributed by atoms with E-state index >= 15 is 0 Å². The van der Waals surface area contributed by atoms with Gasteiger partial charge in [-0.05, 0) is 35.7 Å². The summed E-state index contributed by atoms with van der Waals surface area (Å²) in [7, 11) is 1.61. The third-order valence-electron chi connectivity index (χ3n) is 4.55. The monoisotopic (exact) mass is 413 g/mol. The zero-order chi connectivity index (χ0) is 19.5. The van der Waals surface area contributed by atoms with E-state index in [1.807, 2.05) is 11.4 Å². The normalized spacial score (nSPS) is 13.8. The fraction of sp³-hybridized carbons (Fsp3) is 0.250. The lowest BCUT2D eigenvalue weighted by Gasteiger charge is -2.25. The van der Waals surface area contributed by atoms with Crippen molar-refractivity contribution in [2.75, 3.05) is 25.5 Å². The van der Waals surface area contributed by atoms with E-state index in [4.69, 9.17) is 4.74 Å². The van der Waals surface area contributed by atoms with Crippen LogP contribution in [0, 0.1) is 0 Å². The topological polar surface area (TPSA) is 71.5 Å². The van der Waals surface area contributed by atoms with Gasteiger partial charge < -0.3 is 4.74 Å². The first-order chi connectivity index (χ1) is 13.6. The van der Waals surface area contributed by atoms with Crippen molar-refractivity contribution in [1.82, 2.24) is 9.88 Å². The van der Waals surface area contributed by atoms with Crippen LogP contribution >= 0.6 is 22.7 Å². The maximum Gasteiger partial charge on any atom is 0.267 e. The smallest absolute Gasteiger partial charge is 0.267 e. The number of rotatable bonds is 6. The van der Waals surface area contributed by atoms with Crippen molar-refractivity contribution in [3.8, 4) is 5.75 Å². The minimum Gasteiger partial charge on any atom is -0.497 e. The molecule has 2 aromatic heterocycles. The third-order valence-corrected chi connectivity index (χ3v) is 6.42. The lowest BCUT2D eigenvalue weighted by Crippen LogP contribution is -2.34. The fourth-order valence-electron chi connectivity index (χ4n) is 3.07. The summed E-state index contributed by atoms with van der Waals surface area (Å²) in [5.41, 5.74) is 1.69. The van der Waals surface area contributed by atoms with Crippen molar-refractivity contribution < 1.29 is 14.3 Å². The Balaban J connectivity index is 1.38. The Kier molecular flexibility index (Phi) is 5.52. The molecule has 0 unspecified atom stereocenters. The molecule has 8 heteroatoms. The van der Waals surface area contributed by atoms with Crippen LogP contribution < -0.4 is 10.1 Å². The number of benzene rings is 1. The summed E-state index contributed by atoms with van der Waals surface area (Å²) in [6.07, 6.45) is 0.774. The summed E-state index contributed by atoms with van der Waals surface area (Å²) >= 11 is 2.89. The van der Waals surface area contributed by atoms with E-state index in [-0.39, 0.29) is 11.7 Å². The number of Topliss-reactive ketones (excluding diaryl/α,β-unsaturated/α-hetero) is 1. The Morgan fingerprint density at radius 3 is 2.79 bits per heavy atom. The lowest BCUT2D eigenvalue weighted by atomic mass is 10.1. The minimum atomic E-state index is -0.132. The van der Waals surface area contributed by atoms with Crippen molar-refractivity contribution in [2.24, 2.45) is 0 Å². The Hall–Kier alpha value is -2.55. The largest absolute Gasteiger partial charge is 0.497 e. The number of nitrogens with one attached hydrogen (secondary N) is 1. The Bertz CT molecular complexity index is 981. The first kappa shape index (κ1) is 18.8. The van der Waals surface area contributed by atoms with Gasteiger partial charge in [-0.1, -0.05) is 6.07 Å². The average molecular weight is 414 g/mol. The van der Waals surface area contributed by atoms with E-state index in [0.29, 0.717) is 28.7 Å². The molecule has 1 aliphatic heterocycles. The maximum atomic E-state index is 12.6. The van der Waals surface area contributed by atoms with Gasteiger partial charge in [0.2, 0.25) is 0 Å². The fourth-order valence-corrected chi connectivity index (χ4v) is 4.74. The molecule has 6 nitrogen and oxygen atoms in total. The van der Waals surface area contributed by atoms with Crippen molar-refractivity contribution in [3.05, 3.63) is 62.8 Å². The molecule has 28 heavy (non-hydrogen) atoms. The van der Waals surface area contributed by atoms with Crippen LogP contribution in [0.5, 0.6) is 5.75 Å². The van der Waals surface area contributed by atoms with Gasteiger partial charge in [-0.2, -0.15) is 0 Å². The number of methoxy groups -OCH3 is 1. The number of fused-ring (bicyclic) bond motifs is 1. The van der Waals surface area contributed by atoms with Gasteiger partial charge in [0.25, 0.3) is 5.91 Å². The van der Waals surface area contributed by atoms with Crippen molar-refractivity contribution in [1.29, 1.82) is 0 Å². The summed E-state index contributed by atoms with van der Waals surface area (Å²) < 4.78 is 5.13. The number of aromatic nitrogens is 1. The van der Waals surface area contributed by atoms with Gasteiger partial charge >= 0.3 is 0 Å². The van der Waals surface area contributed by atoms with Crippen molar-refractivity contribution >= 4 is 39.5 Å². The number of thiazole rings is 1. The van der Waals surface area contributed by atoms with Gasteiger partial charge in [0.05, 0.1) is 24.2 Å². The molecule has 3 heterocycles. The third kappa shape index (κ3) is 4.14. The molecule has 0 spiro atoms. The highest BCUT2D eigenvalue weighted by Gasteiger charge is 2.23. The number of hydrogen-bond donors (Lipinski definition) is 1. The number of amides is 1. The highest BCUT2D eigenvalue weighted by atomic mass is 32.1. The van der Waals surface area contributed by atoms with Crippen LogP contribution in [0.3, 0.4) is 0 Å². The van der Waals surface area contributed by atoms with Gasteiger partial charge in [-0.3, -0.25) is 19.8 Å². The van der Waals surface area contributed by atoms with Gasteiger partial charge in [0, 0.05) is 30.0 Å². The summed E-state index contributed by atoms with van der Waals surface area (Å²) in [6, 6.07) is 10.8. The van der Waals surface area contributed by atoms with E-state index in [1.54, 1.807) is 37.4 Å². The first-order valence-corrected chi connectivity index (χ1v) is 10.5. The summed E-state index contributed by atoms with van der Waals surface area (Å²) in [5.74, 6) is 0.690. The molecular weight excluding hydrogens is 394 g/mol. The predicted octanol–water partition coefficient (Wildman–Crippen LogP) is 3.71. The molecule has 144 valence electrons. The second-order valence-electron chi connectivity index (χ2n) is 6.43. The van der Waals surface area contributed by atoms with Crippen LogP contribution in [-0.4, -0.2) is 41.8 Å². The van der Waals surface area contributed by atoms with Crippen LogP contribution in [0.1, 0.15) is 30.6 Å². The molecule has 1 N–H and O–H groups in total. The molecular formula is C20H19N3O3S2. The molecule has 0 saturated carbocycles. The van der Waals surface area contributed by atoms with Crippen LogP contribution in [0.15, 0.2) is 41.8 Å². The standard InChI is InChI=1S/C20H19N3O3S2/c1-26-14-6-4-13(5-7-14)16(24)11-23-9-8-15-18(12-23)28-20(21-15)22-19(25)17-3-2-10-27-17/h2-7,10H,8-9,11-12H2,1H3,(H,21,22,25). The van der Waals surface area contributed by atoms with Crippen LogP contribution in [0.4, 0.5) is 5.13 Å². The number of nitrogens with zero attached hydrogens (tertiary/aromatic N) is 2. The number of ether oxygens (including phenoxy) is 1. The molecule has 0 atom stereocenters. The molecule has 0 saturated heterocycles. The number of ketones is 1. The molecule has 3 aromatic rings. The van der Waals surface area contributed by atoms with E-state index in [0.717, 1.165) is 29.3 Å². The predicted molar refractivity (Wildman–Crippen MR) is 111 cm³/mol. The van der Waals surface area contributed by atoms with Gasteiger partial charge in [-0.25, -0.2) is 4.98 Å². The van der Waals surface area contributed by atoms with Crippen LogP contribution in [0.25, 0.3) is 0 Å². The number of carbonyl (C=O) groups is 2. The van der Waals surface area contributed by atoms with E-state index in [9.17, 15) is 9.59 Å². The molecule has 0 bridgehead atoms. The molecule has 1 aliphatic rings. The summed E-state index contributed by atoms with van der Waals surface area (Å²) in [6.45, 7) is 1.81. The first-order valence-electron chi connectivity index (χ1n) is 8.85. The van der Waals surface area contributed by atoms with Gasteiger partial charge in [-0.15, -0.1) is 22.7 Å². The molecule has 1 aromatic carbocycles. The summed E-state index contributed by atoms with van der Waals surface area (Å²) in [4.78, 5) is 33.2. The number of thiophene rings is 1. The second kappa shape index (κ2) is 8.22. The number of carbonyl (C=O) groups excluding carboxylic acids is 2. The number of anilines is 1. The van der Waals surface area contributed by atoms with Crippen molar-refractivity contribution in [2.45, 2.75) is 13.0 Å². The van der Waals surface area contributed by atoms with E-state index in [1.165, 1.54) is 22.7 Å². The van der Waals surface area contributed by atoms with E-state index < -0.39 is 0 Å². The Morgan fingerprint density at radius 2 is 2.07 bits per heavy atom. The van der Waals surface area contributed by atoms with Gasteiger partial charge in [0.1, 0.15) is 5.75 Å². The van der Waals surface area contributed by atoms with Crippen LogP contribution in [-0.2, 0) is 13.0 Å². The Labute approximate surface area is 170 Å². The maximum absolute atomic E-state index is 12.6. The van der Waals surface area contributed by atoms with E-state index in [2.05, 4.69) is 15.2 Å². The molecule has 0 aliphatic carbocycles. The molecule has 1 amide bonds. The highest BCUT2D eigenvalue weighted by molar-refractivity contribution is 7.16. The Morgan fingerprint density at radius 1 is 1.25 bits per heavy atom. The minimum absolute atomic E-state index is 0.0850. The lowest BCUT2D eigenvalue weighted by molar-refractivity contribution is 0.0921. The highest BCUT2D eigenvalue weighted by Crippen LogP contribution is 2.29. The summed E-state index contributed by atoms with van der Waals surface area (Å²) in [5, 5.41) is 5.37. The zero-order valence-corrected chi connectivity index (χ0v) is 16.9. The molecule has 4 rings (SSSR count). The molecule has 0 radical (unpaired) electrons. The molecule has 0 fully saturated rings. The van der Waals surface area contributed by atoms with Gasteiger partial charge in [0.15, 0.2) is 10.9 Å².